The molecule has 0 rings (SSSR count). The van der Waals surface area contributed by atoms with E-state index < -0.39 is 15.8 Å². The molecule has 6 heteroatoms. The van der Waals surface area contributed by atoms with Crippen LogP contribution in [0.4, 0.5) is 0 Å². The van der Waals surface area contributed by atoms with E-state index in [2.05, 4.69) is 0 Å². The summed E-state index contributed by atoms with van der Waals surface area (Å²) in [5.41, 5.74) is 0. The Labute approximate surface area is 95.1 Å². The Morgan fingerprint density at radius 2 is 1.54 bits per heavy atom. The summed E-state index contributed by atoms with van der Waals surface area (Å²) in [6.07, 6.45) is 0.246. The van der Waals surface area contributed by atoms with E-state index in [1.165, 1.54) is 6.92 Å². The zero-order valence-electron chi connectivity index (χ0n) is 6.41. The molecule has 0 heterocycles. The van der Waals surface area contributed by atoms with Crippen LogP contribution in [-0.2, 0) is 9.59 Å². The summed E-state index contributed by atoms with van der Waals surface area (Å²) >= 11 is 21.6. The standard InChI is InChI=1S/C7H4Cl4O2/c1-3(8)5(10)7(13)6(11)4(9)2-12/h2H,1H3/b5-3-,6-4-. The monoisotopic (exact) mass is 260 g/mol. The van der Waals surface area contributed by atoms with Crippen molar-refractivity contribution in [1.82, 2.24) is 0 Å². The molecule has 0 unspecified atom stereocenters. The summed E-state index contributed by atoms with van der Waals surface area (Å²) in [5.74, 6) is -0.770. The van der Waals surface area contributed by atoms with Gasteiger partial charge in [0, 0.05) is 5.03 Å². The van der Waals surface area contributed by atoms with Gasteiger partial charge in [-0.2, -0.15) is 0 Å². The summed E-state index contributed by atoms with van der Waals surface area (Å²) in [6, 6.07) is 0. The summed E-state index contributed by atoms with van der Waals surface area (Å²) in [7, 11) is 0. The number of allylic oxidation sites excluding steroid dienone is 4. The van der Waals surface area contributed by atoms with Crippen LogP contribution in [0, 0.1) is 0 Å². The van der Waals surface area contributed by atoms with E-state index >= 15 is 0 Å². The van der Waals surface area contributed by atoms with E-state index in [9.17, 15) is 9.59 Å². The van der Waals surface area contributed by atoms with Crippen molar-refractivity contribution in [1.29, 1.82) is 0 Å². The predicted molar refractivity (Wildman–Crippen MR) is 54.2 cm³/mol. The van der Waals surface area contributed by atoms with Gasteiger partial charge in [0.2, 0.25) is 5.78 Å². The van der Waals surface area contributed by atoms with E-state index in [0.29, 0.717) is 0 Å². The Morgan fingerprint density at radius 3 is 1.85 bits per heavy atom. The van der Waals surface area contributed by atoms with Crippen LogP contribution in [0.15, 0.2) is 20.1 Å². The van der Waals surface area contributed by atoms with Gasteiger partial charge >= 0.3 is 0 Å². The number of carbonyl (C=O) groups excluding carboxylic acids is 2. The number of hydrogen-bond acceptors (Lipinski definition) is 2. The fourth-order valence-corrected chi connectivity index (χ4v) is 0.867. The maximum absolute atomic E-state index is 11.2. The molecule has 2 nitrogen and oxygen atoms in total. The average molecular weight is 262 g/mol. The van der Waals surface area contributed by atoms with Crippen molar-refractivity contribution in [2.45, 2.75) is 6.92 Å². The highest BCUT2D eigenvalue weighted by Crippen LogP contribution is 2.22. The molecule has 0 radical (unpaired) electrons. The minimum Gasteiger partial charge on any atom is -0.297 e. The van der Waals surface area contributed by atoms with Crippen LogP contribution < -0.4 is 0 Å². The van der Waals surface area contributed by atoms with E-state index in [1.54, 1.807) is 0 Å². The molecule has 13 heavy (non-hydrogen) atoms. The molecule has 0 spiro atoms. The van der Waals surface area contributed by atoms with Crippen LogP contribution in [0.2, 0.25) is 0 Å². The molecular weight excluding hydrogens is 258 g/mol. The molecule has 0 aromatic heterocycles. The lowest BCUT2D eigenvalue weighted by atomic mass is 10.3. The number of hydrogen-bond donors (Lipinski definition) is 0. The molecular formula is C7H4Cl4O2. The van der Waals surface area contributed by atoms with Gasteiger partial charge in [-0.25, -0.2) is 0 Å². The number of Topliss-reactive ketones (excluding diaryl/α,β-unsaturated/α-hetero) is 1. The summed E-state index contributed by atoms with van der Waals surface area (Å²) in [6.45, 7) is 1.42. The van der Waals surface area contributed by atoms with Crippen molar-refractivity contribution in [3.63, 3.8) is 0 Å². The van der Waals surface area contributed by atoms with Crippen LogP contribution in [0.3, 0.4) is 0 Å². The SMILES string of the molecule is C/C(Cl)=C(/Cl)C(=O)/C(Cl)=C(/Cl)C=O. The smallest absolute Gasteiger partial charge is 0.218 e. The molecule has 0 aliphatic heterocycles. The first-order valence-electron chi connectivity index (χ1n) is 2.98. The Balaban J connectivity index is 5.05. The van der Waals surface area contributed by atoms with Crippen LogP contribution in [0.25, 0.3) is 0 Å². The van der Waals surface area contributed by atoms with Gasteiger partial charge in [-0.1, -0.05) is 46.4 Å². The highest BCUT2D eigenvalue weighted by Gasteiger charge is 2.16. The molecule has 0 saturated carbocycles. The average Bonchev–Trinajstić information content (AvgIpc) is 2.12. The second-order valence-corrected chi connectivity index (χ2v) is 3.69. The summed E-state index contributed by atoms with van der Waals surface area (Å²) < 4.78 is 0. The summed E-state index contributed by atoms with van der Waals surface area (Å²) in [4.78, 5) is 21.3. The zero-order valence-corrected chi connectivity index (χ0v) is 9.43. The Kier molecular flexibility index (Phi) is 5.65. The maximum Gasteiger partial charge on any atom is 0.218 e. The van der Waals surface area contributed by atoms with Gasteiger partial charge in [-0.15, -0.1) is 0 Å². The number of aldehydes is 1. The Bertz CT molecular complexity index is 300. The van der Waals surface area contributed by atoms with Crippen molar-refractivity contribution in [2.24, 2.45) is 0 Å². The van der Waals surface area contributed by atoms with Crippen molar-refractivity contribution in [3.05, 3.63) is 20.1 Å². The Hall–Kier alpha value is -0.0200. The first kappa shape index (κ1) is 13.0. The number of rotatable bonds is 3. The lowest BCUT2D eigenvalue weighted by molar-refractivity contribution is -0.111. The second-order valence-electron chi connectivity index (χ2n) is 1.96. The van der Waals surface area contributed by atoms with Crippen LogP contribution in [0.5, 0.6) is 0 Å². The molecule has 0 bridgehead atoms. The molecule has 0 N–H and O–H groups in total. The fraction of sp³-hybridized carbons (Fsp3) is 0.143. The van der Waals surface area contributed by atoms with Gasteiger partial charge in [0.05, 0.1) is 0 Å². The number of carbonyl (C=O) groups is 2. The normalized spacial score (nSPS) is 14.5. The summed E-state index contributed by atoms with van der Waals surface area (Å²) in [5, 5.41) is -1.02. The molecule has 0 atom stereocenters. The van der Waals surface area contributed by atoms with Crippen molar-refractivity contribution in [2.75, 3.05) is 0 Å². The number of halogens is 4. The molecule has 72 valence electrons. The third-order valence-electron chi connectivity index (χ3n) is 1.01. The second kappa shape index (κ2) is 5.66. The van der Waals surface area contributed by atoms with Gasteiger partial charge < -0.3 is 0 Å². The molecule has 0 aliphatic carbocycles. The van der Waals surface area contributed by atoms with Crippen LogP contribution >= 0.6 is 46.4 Å². The fourth-order valence-electron chi connectivity index (χ4n) is 0.413. The molecule has 0 aromatic rings. The largest absolute Gasteiger partial charge is 0.297 e. The minimum absolute atomic E-state index is 0.0835. The number of ketones is 1. The van der Waals surface area contributed by atoms with Crippen molar-refractivity contribution >= 4 is 58.5 Å². The maximum atomic E-state index is 11.2. The predicted octanol–water partition coefficient (Wildman–Crippen LogP) is 3.15. The quantitative estimate of drug-likeness (QED) is 0.578. The third-order valence-corrected chi connectivity index (χ3v) is 2.51. The first-order chi connectivity index (χ1) is 5.91. The molecule has 0 aliphatic rings. The highest BCUT2D eigenvalue weighted by molar-refractivity contribution is 6.60. The van der Waals surface area contributed by atoms with E-state index in [-0.39, 0.29) is 16.4 Å². The van der Waals surface area contributed by atoms with Crippen LogP contribution in [-0.4, -0.2) is 12.1 Å². The van der Waals surface area contributed by atoms with Gasteiger partial charge in [-0.05, 0) is 6.92 Å². The Morgan fingerprint density at radius 1 is 1.08 bits per heavy atom. The van der Waals surface area contributed by atoms with Gasteiger partial charge in [0.25, 0.3) is 0 Å². The zero-order chi connectivity index (χ0) is 10.6. The van der Waals surface area contributed by atoms with Crippen molar-refractivity contribution in [3.8, 4) is 0 Å². The van der Waals surface area contributed by atoms with Crippen molar-refractivity contribution < 1.29 is 9.59 Å². The van der Waals surface area contributed by atoms with Gasteiger partial charge in [0.15, 0.2) is 6.29 Å². The molecule has 0 saturated heterocycles. The van der Waals surface area contributed by atoms with E-state index in [0.717, 1.165) is 0 Å². The minimum atomic E-state index is -0.770. The topological polar surface area (TPSA) is 34.1 Å². The molecule has 0 amide bonds. The first-order valence-corrected chi connectivity index (χ1v) is 4.50. The highest BCUT2D eigenvalue weighted by atomic mass is 35.5. The molecule has 0 aromatic carbocycles. The third kappa shape index (κ3) is 3.69. The lowest BCUT2D eigenvalue weighted by Gasteiger charge is -1.98. The van der Waals surface area contributed by atoms with E-state index in [4.69, 9.17) is 46.4 Å². The van der Waals surface area contributed by atoms with Gasteiger partial charge in [-0.3, -0.25) is 9.59 Å². The van der Waals surface area contributed by atoms with E-state index in [1.807, 2.05) is 0 Å². The lowest BCUT2D eigenvalue weighted by Crippen LogP contribution is -2.00. The van der Waals surface area contributed by atoms with Crippen LogP contribution in [0.1, 0.15) is 6.92 Å². The van der Waals surface area contributed by atoms with Gasteiger partial charge in [0.1, 0.15) is 15.1 Å². The molecule has 0 fully saturated rings.